The van der Waals surface area contributed by atoms with Crippen molar-refractivity contribution in [3.63, 3.8) is 0 Å². The number of nitrogens with one attached hydrogen (secondary N) is 3. The van der Waals surface area contributed by atoms with Gasteiger partial charge in [0.15, 0.2) is 0 Å². The van der Waals surface area contributed by atoms with E-state index in [9.17, 15) is 18.0 Å². The molecule has 0 spiro atoms. The first-order chi connectivity index (χ1) is 15.3. The van der Waals surface area contributed by atoms with Crippen molar-refractivity contribution in [2.45, 2.75) is 12.5 Å². The molecule has 3 rings (SSSR count). The number of para-hydroxylation sites is 2. The highest BCUT2D eigenvalue weighted by molar-refractivity contribution is 7.87. The summed E-state index contributed by atoms with van der Waals surface area (Å²) in [7, 11) is -4.39. The van der Waals surface area contributed by atoms with E-state index in [1.54, 1.807) is 66.7 Å². The predicted molar refractivity (Wildman–Crippen MR) is 120 cm³/mol. The van der Waals surface area contributed by atoms with Gasteiger partial charge < -0.3 is 15.4 Å². The van der Waals surface area contributed by atoms with Gasteiger partial charge in [0.1, 0.15) is 11.8 Å². The zero-order chi connectivity index (χ0) is 23.0. The number of hydrogen-bond donors (Lipinski definition) is 4. The largest absolute Gasteiger partial charge is 0.413 e. The minimum Gasteiger partial charge on any atom is -0.410 e. The van der Waals surface area contributed by atoms with Gasteiger partial charge in [-0.05, 0) is 42.0 Å². The lowest BCUT2D eigenvalue weighted by Gasteiger charge is -2.19. The summed E-state index contributed by atoms with van der Waals surface area (Å²) in [6.45, 7) is 0. The molecular weight excluding hydrogens is 434 g/mol. The van der Waals surface area contributed by atoms with Crippen molar-refractivity contribution in [3.8, 4) is 5.75 Å². The first kappa shape index (κ1) is 22.8. The molecule has 0 aliphatic rings. The number of carbonyl (C=O) groups excluding carboxylic acids is 2. The molecule has 3 aromatic carbocycles. The molecule has 4 N–H and O–H groups in total. The van der Waals surface area contributed by atoms with E-state index in [1.165, 1.54) is 12.1 Å². The molecule has 3 aromatic rings. The van der Waals surface area contributed by atoms with Gasteiger partial charge in [-0.15, -0.1) is 0 Å². The van der Waals surface area contributed by atoms with Crippen LogP contribution >= 0.6 is 0 Å². The quantitative estimate of drug-likeness (QED) is 0.385. The van der Waals surface area contributed by atoms with Gasteiger partial charge in [-0.2, -0.15) is 8.42 Å². The van der Waals surface area contributed by atoms with Crippen molar-refractivity contribution in [2.75, 3.05) is 10.0 Å². The molecule has 0 bridgehead atoms. The Kier molecular flexibility index (Phi) is 7.42. The second-order valence-electron chi connectivity index (χ2n) is 6.73. The fourth-order valence-corrected chi connectivity index (χ4v) is 3.25. The molecule has 0 aliphatic carbocycles. The first-order valence-corrected chi connectivity index (χ1v) is 11.0. The lowest BCUT2D eigenvalue weighted by Crippen LogP contribution is -2.46. The summed E-state index contributed by atoms with van der Waals surface area (Å²) >= 11 is 0. The summed E-state index contributed by atoms with van der Waals surface area (Å²) in [6.07, 6.45) is -0.691. The van der Waals surface area contributed by atoms with Crippen LogP contribution < -0.4 is 20.1 Å². The highest BCUT2D eigenvalue weighted by Gasteiger charge is 2.22. The zero-order valence-electron chi connectivity index (χ0n) is 16.8. The average molecular weight is 455 g/mol. The van der Waals surface area contributed by atoms with Crippen LogP contribution in [0.15, 0.2) is 84.9 Å². The third-order valence-corrected chi connectivity index (χ3v) is 4.74. The van der Waals surface area contributed by atoms with Crippen LogP contribution in [0.25, 0.3) is 0 Å². The molecule has 9 nitrogen and oxygen atoms in total. The van der Waals surface area contributed by atoms with Gasteiger partial charge in [-0.1, -0.05) is 48.5 Å². The number of ether oxygens (including phenoxy) is 1. The number of rotatable bonds is 8. The van der Waals surface area contributed by atoms with E-state index in [0.29, 0.717) is 17.0 Å². The van der Waals surface area contributed by atoms with Crippen LogP contribution in [0.4, 0.5) is 16.2 Å². The molecule has 32 heavy (non-hydrogen) atoms. The second-order valence-corrected chi connectivity index (χ2v) is 7.89. The fraction of sp³-hybridized carbons (Fsp3) is 0.0909. The molecule has 0 fully saturated rings. The van der Waals surface area contributed by atoms with E-state index in [-0.39, 0.29) is 12.1 Å². The van der Waals surface area contributed by atoms with Crippen molar-refractivity contribution in [1.29, 1.82) is 0 Å². The SMILES string of the molecule is O=C(N[C@@H](Cc1ccc(NS(=O)(=O)O)cc1)C(=O)Nc1ccccc1)Oc1ccccc1. The smallest absolute Gasteiger partial charge is 0.410 e. The lowest BCUT2D eigenvalue weighted by molar-refractivity contribution is -0.118. The summed E-state index contributed by atoms with van der Waals surface area (Å²) in [4.78, 5) is 25.2. The summed E-state index contributed by atoms with van der Waals surface area (Å²) in [6, 6.07) is 22.2. The topological polar surface area (TPSA) is 134 Å². The summed E-state index contributed by atoms with van der Waals surface area (Å²) in [5, 5.41) is 5.30. The summed E-state index contributed by atoms with van der Waals surface area (Å²) in [5.41, 5.74) is 1.35. The molecule has 2 amide bonds. The van der Waals surface area contributed by atoms with Crippen LogP contribution in [0.5, 0.6) is 5.75 Å². The first-order valence-electron chi connectivity index (χ1n) is 9.52. The van der Waals surface area contributed by atoms with Gasteiger partial charge in [0, 0.05) is 12.1 Å². The molecule has 1 atom stereocenters. The molecular formula is C22H21N3O6S. The maximum atomic E-state index is 12.9. The van der Waals surface area contributed by atoms with Crippen LogP contribution in [-0.2, 0) is 21.5 Å². The molecule has 0 aliphatic heterocycles. The highest BCUT2D eigenvalue weighted by atomic mass is 32.2. The summed E-state index contributed by atoms with van der Waals surface area (Å²) in [5.74, 6) is -0.130. The number of carbonyl (C=O) groups is 2. The Morgan fingerprint density at radius 1 is 0.844 bits per heavy atom. The Bertz CT molecular complexity index is 1150. The van der Waals surface area contributed by atoms with E-state index in [2.05, 4.69) is 10.6 Å². The number of benzene rings is 3. The standard InChI is InChI=1S/C22H21N3O6S/c26-21(23-17-7-3-1-4-8-17)20(24-22(27)31-19-9-5-2-6-10-19)15-16-11-13-18(14-12-16)25-32(28,29)30/h1-14,20,25H,15H2,(H,23,26)(H,24,27)(H,28,29,30)/t20-/m0/s1. The van der Waals surface area contributed by atoms with Gasteiger partial charge in [0.2, 0.25) is 5.91 Å². The molecule has 0 saturated heterocycles. The second kappa shape index (κ2) is 10.4. The van der Waals surface area contributed by atoms with Crippen LogP contribution in [0, 0.1) is 0 Å². The molecule has 10 heteroatoms. The normalized spacial score (nSPS) is 11.8. The van der Waals surface area contributed by atoms with E-state index >= 15 is 0 Å². The third-order valence-electron chi connectivity index (χ3n) is 4.24. The fourth-order valence-electron chi connectivity index (χ4n) is 2.82. The van der Waals surface area contributed by atoms with Crippen molar-refractivity contribution >= 4 is 33.7 Å². The Morgan fingerprint density at radius 3 is 2.03 bits per heavy atom. The molecule has 0 heterocycles. The van der Waals surface area contributed by atoms with E-state index in [0.717, 1.165) is 0 Å². The van der Waals surface area contributed by atoms with Gasteiger partial charge in [0.25, 0.3) is 0 Å². The number of amides is 2. The molecule has 0 saturated carbocycles. The van der Waals surface area contributed by atoms with Gasteiger partial charge in [-0.3, -0.25) is 14.1 Å². The Morgan fingerprint density at radius 2 is 1.44 bits per heavy atom. The van der Waals surface area contributed by atoms with Crippen molar-refractivity contribution < 1.29 is 27.3 Å². The van der Waals surface area contributed by atoms with Crippen LogP contribution in [0.2, 0.25) is 0 Å². The highest BCUT2D eigenvalue weighted by Crippen LogP contribution is 2.14. The maximum absolute atomic E-state index is 12.9. The number of anilines is 2. The van der Waals surface area contributed by atoms with Crippen LogP contribution in [0.1, 0.15) is 5.56 Å². The van der Waals surface area contributed by atoms with Gasteiger partial charge >= 0.3 is 16.4 Å². The molecule has 0 unspecified atom stereocenters. The molecule has 0 radical (unpaired) electrons. The van der Waals surface area contributed by atoms with Gasteiger partial charge in [0.05, 0.1) is 5.69 Å². The Hall–Kier alpha value is -3.89. The van der Waals surface area contributed by atoms with Crippen molar-refractivity contribution in [2.24, 2.45) is 0 Å². The Balaban J connectivity index is 1.73. The minimum absolute atomic E-state index is 0.106. The van der Waals surface area contributed by atoms with Crippen LogP contribution in [0.3, 0.4) is 0 Å². The Labute approximate surface area is 185 Å². The predicted octanol–water partition coefficient (Wildman–Crippen LogP) is 3.24. The third kappa shape index (κ3) is 7.42. The van der Waals surface area contributed by atoms with Crippen LogP contribution in [-0.4, -0.2) is 31.0 Å². The van der Waals surface area contributed by atoms with E-state index in [1.807, 2.05) is 10.8 Å². The maximum Gasteiger partial charge on any atom is 0.413 e. The average Bonchev–Trinajstić information content (AvgIpc) is 2.75. The van der Waals surface area contributed by atoms with Gasteiger partial charge in [-0.25, -0.2) is 4.79 Å². The van der Waals surface area contributed by atoms with E-state index < -0.39 is 28.3 Å². The summed E-state index contributed by atoms with van der Waals surface area (Å²) < 4.78 is 37.9. The minimum atomic E-state index is -4.39. The van der Waals surface area contributed by atoms with E-state index in [4.69, 9.17) is 9.29 Å². The number of hydrogen-bond acceptors (Lipinski definition) is 5. The van der Waals surface area contributed by atoms with Crippen molar-refractivity contribution in [3.05, 3.63) is 90.5 Å². The zero-order valence-corrected chi connectivity index (χ0v) is 17.6. The molecule has 0 aromatic heterocycles. The monoisotopic (exact) mass is 455 g/mol. The lowest BCUT2D eigenvalue weighted by atomic mass is 10.0. The molecule has 166 valence electrons. The van der Waals surface area contributed by atoms with Crippen molar-refractivity contribution in [1.82, 2.24) is 5.32 Å².